The summed E-state index contributed by atoms with van der Waals surface area (Å²) in [5.41, 5.74) is 0. The molecule has 0 heterocycles. The molecule has 0 aromatic heterocycles. The maximum atomic E-state index is 12.4. The minimum atomic E-state index is -6.13. The molecule has 0 aliphatic rings. The summed E-state index contributed by atoms with van der Waals surface area (Å²) in [7, 11) is 0. The summed E-state index contributed by atoms with van der Waals surface area (Å²) in [5.74, 6) is -10.4. The van der Waals surface area contributed by atoms with E-state index in [2.05, 4.69) is 6.58 Å². The average molecular weight is 242 g/mol. The Morgan fingerprint density at radius 1 is 1.00 bits per heavy atom. The fraction of sp³-hybridized carbons (Fsp3) is 0.714. The molecule has 1 atom stereocenters. The van der Waals surface area contributed by atoms with Gasteiger partial charge in [0.1, 0.15) is 0 Å². The Morgan fingerprint density at radius 2 is 1.40 bits per heavy atom. The summed E-state index contributed by atoms with van der Waals surface area (Å²) < 4.78 is 95.8. The summed E-state index contributed by atoms with van der Waals surface area (Å²) >= 11 is 0. The highest BCUT2D eigenvalue weighted by atomic mass is 19.4. The molecule has 0 aliphatic heterocycles. The first-order valence-electron chi connectivity index (χ1n) is 3.53. The first kappa shape index (κ1) is 14.2. The molecule has 0 aromatic carbocycles. The van der Waals surface area contributed by atoms with Crippen molar-refractivity contribution in [2.24, 2.45) is 0 Å². The number of allylic oxidation sites excluding steroid dienone is 1. The third-order valence-electron chi connectivity index (χ3n) is 1.48. The fourth-order valence-corrected chi connectivity index (χ4v) is 0.666. The quantitative estimate of drug-likeness (QED) is 0.520. The van der Waals surface area contributed by atoms with Gasteiger partial charge in [0, 0.05) is 0 Å². The van der Waals surface area contributed by atoms with Gasteiger partial charge in [0.05, 0.1) is 6.42 Å². The summed E-state index contributed by atoms with van der Waals surface area (Å²) in [6.07, 6.45) is -12.3. The number of halogens is 8. The molecule has 0 saturated carbocycles. The van der Waals surface area contributed by atoms with Crippen LogP contribution in [0.4, 0.5) is 35.1 Å². The lowest BCUT2D eigenvalue weighted by molar-refractivity contribution is -0.303. The topological polar surface area (TPSA) is 0 Å². The Hall–Kier alpha value is -0.820. The van der Waals surface area contributed by atoms with E-state index in [9.17, 15) is 35.1 Å². The molecule has 0 saturated heterocycles. The maximum Gasteiger partial charge on any atom is 0.453 e. The third-order valence-corrected chi connectivity index (χ3v) is 1.48. The minimum absolute atomic E-state index is 0.0353. The van der Waals surface area contributed by atoms with Gasteiger partial charge in [-0.25, -0.2) is 13.2 Å². The zero-order valence-electron chi connectivity index (χ0n) is 7.09. The summed E-state index contributed by atoms with van der Waals surface area (Å²) in [6.45, 7) is 2.54. The highest BCUT2D eigenvalue weighted by molar-refractivity contribution is 4.95. The van der Waals surface area contributed by atoms with Gasteiger partial charge in [0.15, 0.2) is 6.17 Å². The lowest BCUT2D eigenvalue weighted by Gasteiger charge is -2.25. The van der Waals surface area contributed by atoms with E-state index in [0.717, 1.165) is 0 Å². The van der Waals surface area contributed by atoms with Crippen LogP contribution in [-0.2, 0) is 0 Å². The van der Waals surface area contributed by atoms with Gasteiger partial charge < -0.3 is 0 Å². The fourth-order valence-electron chi connectivity index (χ4n) is 0.666. The molecule has 0 rings (SSSR count). The van der Waals surface area contributed by atoms with Crippen LogP contribution in [0.15, 0.2) is 12.7 Å². The molecule has 0 spiro atoms. The number of rotatable bonds is 4. The summed E-state index contributed by atoms with van der Waals surface area (Å²) in [6, 6.07) is 0. The Labute approximate surface area is 79.6 Å². The van der Waals surface area contributed by atoms with E-state index >= 15 is 0 Å². The van der Waals surface area contributed by atoms with Crippen molar-refractivity contribution in [2.45, 2.75) is 30.6 Å². The number of alkyl halides is 8. The highest BCUT2D eigenvalue weighted by Crippen LogP contribution is 2.44. The van der Waals surface area contributed by atoms with Crippen molar-refractivity contribution in [3.63, 3.8) is 0 Å². The van der Waals surface area contributed by atoms with E-state index in [-0.39, 0.29) is 6.08 Å². The van der Waals surface area contributed by atoms with Crippen LogP contribution in [0.5, 0.6) is 0 Å². The first-order valence-corrected chi connectivity index (χ1v) is 3.53. The molecule has 0 radical (unpaired) electrons. The van der Waals surface area contributed by atoms with Gasteiger partial charge in [0.25, 0.3) is 5.92 Å². The van der Waals surface area contributed by atoms with Crippen molar-refractivity contribution in [3.8, 4) is 0 Å². The Kier molecular flexibility index (Phi) is 3.76. The van der Waals surface area contributed by atoms with Crippen molar-refractivity contribution in [2.75, 3.05) is 0 Å². The van der Waals surface area contributed by atoms with Crippen molar-refractivity contribution >= 4 is 0 Å². The van der Waals surface area contributed by atoms with Crippen molar-refractivity contribution in [1.82, 2.24) is 0 Å². The predicted octanol–water partition coefficient (Wildman–Crippen LogP) is 3.73. The van der Waals surface area contributed by atoms with Gasteiger partial charge in [-0.2, -0.15) is 22.0 Å². The second-order valence-corrected chi connectivity index (χ2v) is 2.78. The molecule has 90 valence electrons. The molecular weight excluding hydrogens is 236 g/mol. The van der Waals surface area contributed by atoms with Crippen LogP contribution in [0.2, 0.25) is 0 Å². The van der Waals surface area contributed by atoms with Gasteiger partial charge in [-0.3, -0.25) is 0 Å². The molecule has 0 fully saturated rings. The second kappa shape index (κ2) is 3.97. The molecule has 0 bridgehead atoms. The van der Waals surface area contributed by atoms with Crippen LogP contribution >= 0.6 is 0 Å². The van der Waals surface area contributed by atoms with Crippen LogP contribution < -0.4 is 0 Å². The smallest absolute Gasteiger partial charge is 0.236 e. The molecular formula is C7H6F8. The first-order chi connectivity index (χ1) is 6.44. The Morgan fingerprint density at radius 3 is 1.67 bits per heavy atom. The summed E-state index contributed by atoms with van der Waals surface area (Å²) in [4.78, 5) is 0. The lowest BCUT2D eigenvalue weighted by atomic mass is 10.1. The van der Waals surface area contributed by atoms with Crippen LogP contribution in [0.3, 0.4) is 0 Å². The third kappa shape index (κ3) is 3.35. The molecule has 8 heteroatoms. The molecule has 0 amide bonds. The molecule has 0 aliphatic carbocycles. The van der Waals surface area contributed by atoms with Gasteiger partial charge >= 0.3 is 12.1 Å². The monoisotopic (exact) mass is 242 g/mol. The zero-order chi connectivity index (χ0) is 12.5. The lowest BCUT2D eigenvalue weighted by Crippen LogP contribution is -2.44. The van der Waals surface area contributed by atoms with Crippen molar-refractivity contribution in [3.05, 3.63) is 12.7 Å². The van der Waals surface area contributed by atoms with E-state index in [1.165, 1.54) is 0 Å². The molecule has 1 unspecified atom stereocenters. The molecule has 0 N–H and O–H groups in total. The van der Waals surface area contributed by atoms with Gasteiger partial charge in [-0.05, 0) is 0 Å². The van der Waals surface area contributed by atoms with Gasteiger partial charge in [0.2, 0.25) is 0 Å². The normalized spacial score (nSPS) is 16.3. The molecule has 0 nitrogen and oxygen atoms in total. The minimum Gasteiger partial charge on any atom is -0.236 e. The predicted molar refractivity (Wildman–Crippen MR) is 35.7 cm³/mol. The van der Waals surface area contributed by atoms with Crippen LogP contribution in [0.25, 0.3) is 0 Å². The molecule has 15 heavy (non-hydrogen) atoms. The van der Waals surface area contributed by atoms with E-state index in [0.29, 0.717) is 0 Å². The maximum absolute atomic E-state index is 12.4. The van der Waals surface area contributed by atoms with Crippen molar-refractivity contribution in [1.29, 1.82) is 0 Å². The molecule has 0 aromatic rings. The van der Waals surface area contributed by atoms with E-state index in [4.69, 9.17) is 0 Å². The summed E-state index contributed by atoms with van der Waals surface area (Å²) in [5, 5.41) is 0. The Bertz CT molecular complexity index is 228. The largest absolute Gasteiger partial charge is 0.453 e. The second-order valence-electron chi connectivity index (χ2n) is 2.78. The SMILES string of the molecule is C=CC(F)C(F)(F)CC(F)(F)C(F)(F)F. The van der Waals surface area contributed by atoms with E-state index in [1.54, 1.807) is 0 Å². The van der Waals surface area contributed by atoms with Crippen molar-refractivity contribution < 1.29 is 35.1 Å². The number of hydrogen-bond acceptors (Lipinski definition) is 0. The van der Waals surface area contributed by atoms with E-state index < -0.39 is 30.6 Å². The highest BCUT2D eigenvalue weighted by Gasteiger charge is 2.63. The van der Waals surface area contributed by atoms with Gasteiger partial charge in [-0.1, -0.05) is 12.7 Å². The zero-order valence-corrected chi connectivity index (χ0v) is 7.09. The number of hydrogen-bond donors (Lipinski definition) is 0. The Balaban J connectivity index is 4.79. The van der Waals surface area contributed by atoms with Gasteiger partial charge in [-0.15, -0.1) is 0 Å². The van der Waals surface area contributed by atoms with Crippen LogP contribution in [0, 0.1) is 0 Å². The van der Waals surface area contributed by atoms with Crippen LogP contribution in [0.1, 0.15) is 6.42 Å². The average Bonchev–Trinajstić information content (AvgIpc) is 1.98. The van der Waals surface area contributed by atoms with Crippen LogP contribution in [-0.4, -0.2) is 24.2 Å². The standard InChI is InChI=1S/C7H6F8/c1-2-4(8)5(9,10)3-6(11,12)7(13,14)15/h2,4H,1,3H2. The van der Waals surface area contributed by atoms with E-state index in [1.807, 2.05) is 0 Å².